The molecule has 0 amide bonds. The van der Waals surface area contributed by atoms with Crippen LogP contribution in [0, 0.1) is 5.92 Å². The topological polar surface area (TPSA) is 12.5 Å². The maximum Gasteiger partial charge on any atom is 0.0506 e. The summed E-state index contributed by atoms with van der Waals surface area (Å²) in [6, 6.07) is 0.814. The van der Waals surface area contributed by atoms with Gasteiger partial charge in [-0.1, -0.05) is 27.2 Å². The molecule has 0 aromatic rings. The van der Waals surface area contributed by atoms with E-state index in [1.165, 1.54) is 38.8 Å². The minimum Gasteiger partial charge on any atom is -0.381 e. The zero-order valence-electron chi connectivity index (χ0n) is 10.7. The molecule has 2 saturated heterocycles. The van der Waals surface area contributed by atoms with E-state index in [0.717, 1.165) is 25.2 Å². The first-order chi connectivity index (χ1) is 7.38. The minimum atomic E-state index is 0.742. The minimum absolute atomic E-state index is 0.742. The Bertz CT molecular complexity index is 155. The van der Waals surface area contributed by atoms with Crippen LogP contribution in [0.1, 0.15) is 46.5 Å². The summed E-state index contributed by atoms with van der Waals surface area (Å²) in [5.74, 6) is 0.742. The van der Waals surface area contributed by atoms with Gasteiger partial charge in [0.15, 0.2) is 0 Å². The second kappa shape index (κ2) is 7.24. The molecule has 0 radical (unpaired) electrons. The molecule has 2 aliphatic heterocycles. The summed E-state index contributed by atoms with van der Waals surface area (Å²) in [7, 11) is 0. The highest BCUT2D eigenvalue weighted by molar-refractivity contribution is 4.81. The number of likely N-dealkylation sites (tertiary alicyclic amines) is 1. The van der Waals surface area contributed by atoms with Crippen molar-refractivity contribution in [3.05, 3.63) is 0 Å². The summed E-state index contributed by atoms with van der Waals surface area (Å²) in [5.41, 5.74) is 0. The molecule has 2 aliphatic rings. The van der Waals surface area contributed by atoms with Crippen LogP contribution in [0.2, 0.25) is 0 Å². The summed E-state index contributed by atoms with van der Waals surface area (Å²) in [6.45, 7) is 10.9. The van der Waals surface area contributed by atoms with Gasteiger partial charge in [-0.3, -0.25) is 4.90 Å². The maximum absolute atomic E-state index is 5.48. The van der Waals surface area contributed by atoms with Crippen molar-refractivity contribution in [3.8, 4) is 0 Å². The average molecular weight is 213 g/mol. The lowest BCUT2D eigenvalue weighted by Crippen LogP contribution is -2.46. The second-order valence-electron chi connectivity index (χ2n) is 4.50. The quantitative estimate of drug-likeness (QED) is 0.664. The Kier molecular flexibility index (Phi) is 6.26. The standard InChI is InChI=1S/C11H21NO.C2H6/c1-10-9-13-8-5-11(10)12-6-3-2-4-7-12;1-2/h10-11H,2-9H2,1H3;1-2H3. The molecule has 90 valence electrons. The molecule has 2 rings (SSSR count). The SMILES string of the molecule is CC.CC1COCCC1N1CCCCC1. The molecule has 0 saturated carbocycles. The molecule has 2 nitrogen and oxygen atoms in total. The lowest BCUT2D eigenvalue weighted by Gasteiger charge is -2.40. The molecule has 0 aromatic heterocycles. The van der Waals surface area contributed by atoms with Crippen molar-refractivity contribution in [2.24, 2.45) is 5.92 Å². The molecule has 0 aliphatic carbocycles. The highest BCUT2D eigenvalue weighted by atomic mass is 16.5. The Morgan fingerprint density at radius 3 is 2.33 bits per heavy atom. The lowest BCUT2D eigenvalue weighted by molar-refractivity contribution is -0.0116. The first kappa shape index (κ1) is 13.0. The molecule has 0 aromatic carbocycles. The summed E-state index contributed by atoms with van der Waals surface area (Å²) < 4.78 is 5.48. The van der Waals surface area contributed by atoms with Gasteiger partial charge < -0.3 is 4.74 Å². The van der Waals surface area contributed by atoms with E-state index >= 15 is 0 Å². The average Bonchev–Trinajstić information content (AvgIpc) is 2.33. The van der Waals surface area contributed by atoms with E-state index in [2.05, 4.69) is 11.8 Å². The molecule has 2 heterocycles. The molecule has 2 fully saturated rings. The predicted octanol–water partition coefficient (Wildman–Crippen LogP) is 2.92. The van der Waals surface area contributed by atoms with E-state index < -0.39 is 0 Å². The summed E-state index contributed by atoms with van der Waals surface area (Å²) in [6.07, 6.45) is 5.50. The zero-order valence-corrected chi connectivity index (χ0v) is 10.7. The first-order valence-electron chi connectivity index (χ1n) is 6.70. The van der Waals surface area contributed by atoms with E-state index in [1.807, 2.05) is 13.8 Å². The summed E-state index contributed by atoms with van der Waals surface area (Å²) >= 11 is 0. The molecular formula is C13H27NO. The van der Waals surface area contributed by atoms with Gasteiger partial charge in [-0.15, -0.1) is 0 Å². The van der Waals surface area contributed by atoms with Gasteiger partial charge in [-0.25, -0.2) is 0 Å². The molecular weight excluding hydrogens is 186 g/mol. The predicted molar refractivity (Wildman–Crippen MR) is 65.2 cm³/mol. The maximum atomic E-state index is 5.48. The Morgan fingerprint density at radius 1 is 1.07 bits per heavy atom. The fourth-order valence-corrected chi connectivity index (χ4v) is 2.66. The van der Waals surface area contributed by atoms with Gasteiger partial charge in [0.25, 0.3) is 0 Å². The van der Waals surface area contributed by atoms with Gasteiger partial charge in [-0.05, 0) is 38.3 Å². The van der Waals surface area contributed by atoms with Crippen molar-refractivity contribution < 1.29 is 4.74 Å². The summed E-state index contributed by atoms with van der Waals surface area (Å²) in [4.78, 5) is 2.69. The molecule has 2 atom stereocenters. The van der Waals surface area contributed by atoms with Crippen molar-refractivity contribution in [2.75, 3.05) is 26.3 Å². The van der Waals surface area contributed by atoms with Crippen molar-refractivity contribution in [2.45, 2.75) is 52.5 Å². The van der Waals surface area contributed by atoms with Crippen molar-refractivity contribution >= 4 is 0 Å². The van der Waals surface area contributed by atoms with Gasteiger partial charge in [0.2, 0.25) is 0 Å². The monoisotopic (exact) mass is 213 g/mol. The van der Waals surface area contributed by atoms with Crippen molar-refractivity contribution in [1.82, 2.24) is 4.90 Å². The van der Waals surface area contributed by atoms with Crippen molar-refractivity contribution in [3.63, 3.8) is 0 Å². The Hall–Kier alpha value is -0.0800. The highest BCUT2D eigenvalue weighted by Crippen LogP contribution is 2.23. The van der Waals surface area contributed by atoms with Crippen LogP contribution >= 0.6 is 0 Å². The third kappa shape index (κ3) is 3.76. The first-order valence-corrected chi connectivity index (χ1v) is 6.70. The third-order valence-corrected chi connectivity index (χ3v) is 3.46. The summed E-state index contributed by atoms with van der Waals surface area (Å²) in [5, 5.41) is 0. The number of hydrogen-bond acceptors (Lipinski definition) is 2. The Balaban J connectivity index is 0.000000531. The number of hydrogen-bond donors (Lipinski definition) is 0. The fraction of sp³-hybridized carbons (Fsp3) is 1.00. The molecule has 0 spiro atoms. The van der Waals surface area contributed by atoms with Gasteiger partial charge >= 0.3 is 0 Å². The number of piperidine rings is 1. The Morgan fingerprint density at radius 2 is 1.73 bits per heavy atom. The normalized spacial score (nSPS) is 33.0. The van der Waals surface area contributed by atoms with Crippen LogP contribution in [0.15, 0.2) is 0 Å². The van der Waals surface area contributed by atoms with Crippen LogP contribution in [0.3, 0.4) is 0 Å². The zero-order chi connectivity index (χ0) is 11.1. The van der Waals surface area contributed by atoms with Crippen LogP contribution in [0.4, 0.5) is 0 Å². The van der Waals surface area contributed by atoms with Crippen LogP contribution in [-0.2, 0) is 4.74 Å². The number of rotatable bonds is 1. The largest absolute Gasteiger partial charge is 0.381 e. The van der Waals surface area contributed by atoms with Crippen LogP contribution in [0.25, 0.3) is 0 Å². The van der Waals surface area contributed by atoms with E-state index in [0.29, 0.717) is 0 Å². The van der Waals surface area contributed by atoms with E-state index in [-0.39, 0.29) is 0 Å². The van der Waals surface area contributed by atoms with Gasteiger partial charge in [-0.2, -0.15) is 0 Å². The van der Waals surface area contributed by atoms with Crippen LogP contribution < -0.4 is 0 Å². The lowest BCUT2D eigenvalue weighted by atomic mass is 9.94. The molecule has 2 heteroatoms. The molecule has 2 unspecified atom stereocenters. The van der Waals surface area contributed by atoms with E-state index in [1.54, 1.807) is 0 Å². The van der Waals surface area contributed by atoms with Crippen LogP contribution in [0.5, 0.6) is 0 Å². The Labute approximate surface area is 95.0 Å². The molecule has 15 heavy (non-hydrogen) atoms. The van der Waals surface area contributed by atoms with Crippen LogP contribution in [-0.4, -0.2) is 37.2 Å². The van der Waals surface area contributed by atoms with Gasteiger partial charge in [0, 0.05) is 12.6 Å². The number of ether oxygens (including phenoxy) is 1. The molecule has 0 bridgehead atoms. The fourth-order valence-electron chi connectivity index (χ4n) is 2.66. The molecule has 0 N–H and O–H groups in total. The number of nitrogens with zero attached hydrogens (tertiary/aromatic N) is 1. The second-order valence-corrected chi connectivity index (χ2v) is 4.50. The van der Waals surface area contributed by atoms with Crippen molar-refractivity contribution in [1.29, 1.82) is 0 Å². The smallest absolute Gasteiger partial charge is 0.0506 e. The third-order valence-electron chi connectivity index (χ3n) is 3.46. The van der Waals surface area contributed by atoms with E-state index in [4.69, 9.17) is 4.74 Å². The van der Waals surface area contributed by atoms with Gasteiger partial charge in [0.05, 0.1) is 6.61 Å². The van der Waals surface area contributed by atoms with Gasteiger partial charge in [0.1, 0.15) is 0 Å². The van der Waals surface area contributed by atoms with E-state index in [9.17, 15) is 0 Å². The highest BCUT2D eigenvalue weighted by Gasteiger charge is 2.28.